The van der Waals surface area contributed by atoms with Crippen molar-refractivity contribution in [2.45, 2.75) is 145 Å². The van der Waals surface area contributed by atoms with Crippen molar-refractivity contribution in [3.05, 3.63) is 0 Å². The Hall–Kier alpha value is -3.18. The first-order chi connectivity index (χ1) is 20.8. The van der Waals surface area contributed by atoms with E-state index in [0.29, 0.717) is 0 Å². The molecule has 1 rings (SSSR count). The van der Waals surface area contributed by atoms with Gasteiger partial charge in [0.1, 0.15) is 0 Å². The summed E-state index contributed by atoms with van der Waals surface area (Å²) in [6, 6.07) is 0. The first kappa shape index (κ1) is 39.8. The van der Waals surface area contributed by atoms with Crippen LogP contribution in [0.2, 0.25) is 0 Å². The molecule has 0 amide bonds. The van der Waals surface area contributed by atoms with Crippen LogP contribution in [0.4, 0.5) is 0 Å². The number of ether oxygens (including phenoxy) is 6. The Labute approximate surface area is 267 Å². The Balaban J connectivity index is 3.97. The number of hydrogen-bond acceptors (Lipinski definition) is 12. The summed E-state index contributed by atoms with van der Waals surface area (Å²) < 4.78 is 34.8. The van der Waals surface area contributed by atoms with E-state index in [-0.39, 0.29) is 61.7 Å². The lowest BCUT2D eigenvalue weighted by molar-refractivity contribution is -0.262. The third-order valence-corrected chi connectivity index (χ3v) is 6.46. The number of hydrogen-bond donors (Lipinski definition) is 0. The van der Waals surface area contributed by atoms with Crippen molar-refractivity contribution in [2.75, 3.05) is 0 Å². The van der Waals surface area contributed by atoms with E-state index in [4.69, 9.17) is 28.4 Å². The Morgan fingerprint density at radius 2 is 0.511 bits per heavy atom. The molecule has 45 heavy (non-hydrogen) atoms. The molecule has 0 saturated heterocycles. The molecule has 0 aromatic rings. The topological polar surface area (TPSA) is 158 Å². The zero-order valence-electron chi connectivity index (χ0n) is 28.8. The van der Waals surface area contributed by atoms with E-state index in [1.54, 1.807) is 69.2 Å². The van der Waals surface area contributed by atoms with Crippen molar-refractivity contribution in [1.29, 1.82) is 0 Å². The standard InChI is InChI=1S/C33H54O12/c1-17(2)12-23(35)41-29-28(40-22(11)34)30(42-24(36)13-18(3)4)32(44-26(38)15-20(7)8)33(45-27(39)16-21(9)10)31(29)43-25(37)14-19(5)6/h17-21,28-33H,12-16H2,1-11H3. The Morgan fingerprint density at radius 1 is 0.356 bits per heavy atom. The minimum Gasteiger partial charge on any atom is -0.454 e. The van der Waals surface area contributed by atoms with Gasteiger partial charge in [-0.05, 0) is 29.6 Å². The van der Waals surface area contributed by atoms with Crippen molar-refractivity contribution in [3.63, 3.8) is 0 Å². The summed E-state index contributed by atoms with van der Waals surface area (Å²) in [4.78, 5) is 78.0. The second-order valence-corrected chi connectivity index (χ2v) is 13.8. The fraction of sp³-hybridized carbons (Fsp3) is 0.818. The molecule has 0 radical (unpaired) electrons. The molecule has 12 heteroatoms. The number of carbonyl (C=O) groups is 6. The molecule has 1 saturated carbocycles. The maximum absolute atomic E-state index is 13.1. The first-order valence-electron chi connectivity index (χ1n) is 15.9. The van der Waals surface area contributed by atoms with Crippen molar-refractivity contribution in [2.24, 2.45) is 29.6 Å². The van der Waals surface area contributed by atoms with E-state index >= 15 is 0 Å². The smallest absolute Gasteiger partial charge is 0.306 e. The lowest BCUT2D eigenvalue weighted by atomic mass is 9.83. The molecule has 4 atom stereocenters. The van der Waals surface area contributed by atoms with Crippen LogP contribution >= 0.6 is 0 Å². The molecule has 258 valence electrons. The van der Waals surface area contributed by atoms with Gasteiger partial charge in [0, 0.05) is 39.0 Å². The quantitative estimate of drug-likeness (QED) is 0.169. The lowest BCUT2D eigenvalue weighted by Gasteiger charge is -2.47. The maximum Gasteiger partial charge on any atom is 0.306 e. The number of carbonyl (C=O) groups excluding carboxylic acids is 6. The molecule has 1 fully saturated rings. The molecule has 1 aliphatic carbocycles. The van der Waals surface area contributed by atoms with Gasteiger partial charge in [-0.15, -0.1) is 0 Å². The molecule has 0 aromatic heterocycles. The van der Waals surface area contributed by atoms with Gasteiger partial charge in [0.25, 0.3) is 0 Å². The van der Waals surface area contributed by atoms with Crippen LogP contribution in [0, 0.1) is 29.6 Å². The Kier molecular flexibility index (Phi) is 16.6. The summed E-state index contributed by atoms with van der Waals surface area (Å²) in [5, 5.41) is 0. The highest BCUT2D eigenvalue weighted by Gasteiger charge is 2.61. The van der Waals surface area contributed by atoms with Crippen LogP contribution in [0.15, 0.2) is 0 Å². The SMILES string of the molecule is CC(=O)OC1C(OC(=O)CC(C)C)C(OC(=O)CC(C)C)C(OC(=O)CC(C)C)C(OC(=O)CC(C)C)C1OC(=O)CC(C)C. The molecule has 12 nitrogen and oxygen atoms in total. The number of esters is 6. The van der Waals surface area contributed by atoms with Gasteiger partial charge in [-0.3, -0.25) is 28.8 Å². The van der Waals surface area contributed by atoms with Crippen LogP contribution in [0.3, 0.4) is 0 Å². The summed E-state index contributed by atoms with van der Waals surface area (Å²) in [6.07, 6.45) is -9.69. The summed E-state index contributed by atoms with van der Waals surface area (Å²) >= 11 is 0. The van der Waals surface area contributed by atoms with Gasteiger partial charge in [-0.2, -0.15) is 0 Å². The highest BCUT2D eigenvalue weighted by Crippen LogP contribution is 2.36. The van der Waals surface area contributed by atoms with Crippen LogP contribution in [0.1, 0.15) is 108 Å². The third kappa shape index (κ3) is 14.6. The molecule has 0 spiro atoms. The van der Waals surface area contributed by atoms with Crippen molar-refractivity contribution < 1.29 is 57.2 Å². The van der Waals surface area contributed by atoms with Gasteiger partial charge in [-0.1, -0.05) is 69.2 Å². The highest BCUT2D eigenvalue weighted by atomic mass is 16.7. The van der Waals surface area contributed by atoms with E-state index in [2.05, 4.69) is 0 Å². The maximum atomic E-state index is 13.1. The van der Waals surface area contributed by atoms with Crippen molar-refractivity contribution in [1.82, 2.24) is 0 Å². The summed E-state index contributed by atoms with van der Waals surface area (Å²) in [5.41, 5.74) is 0. The molecular formula is C33H54O12. The van der Waals surface area contributed by atoms with Crippen LogP contribution in [0.25, 0.3) is 0 Å². The van der Waals surface area contributed by atoms with E-state index in [0.717, 1.165) is 6.92 Å². The second-order valence-electron chi connectivity index (χ2n) is 13.8. The molecule has 4 unspecified atom stereocenters. The highest BCUT2D eigenvalue weighted by molar-refractivity contribution is 5.74. The minimum atomic E-state index is -1.58. The summed E-state index contributed by atoms with van der Waals surface area (Å²) in [7, 11) is 0. The fourth-order valence-electron chi connectivity index (χ4n) is 4.78. The van der Waals surface area contributed by atoms with Gasteiger partial charge in [0.2, 0.25) is 0 Å². The molecule has 1 aliphatic rings. The van der Waals surface area contributed by atoms with Gasteiger partial charge < -0.3 is 28.4 Å². The van der Waals surface area contributed by atoms with Crippen LogP contribution in [-0.2, 0) is 57.2 Å². The molecule has 0 bridgehead atoms. The predicted molar refractivity (Wildman–Crippen MR) is 162 cm³/mol. The van der Waals surface area contributed by atoms with E-state index in [1.165, 1.54) is 0 Å². The zero-order chi connectivity index (χ0) is 34.6. The number of rotatable bonds is 16. The van der Waals surface area contributed by atoms with Crippen LogP contribution in [0.5, 0.6) is 0 Å². The van der Waals surface area contributed by atoms with Crippen LogP contribution < -0.4 is 0 Å². The Morgan fingerprint density at radius 3 is 0.644 bits per heavy atom. The van der Waals surface area contributed by atoms with E-state index < -0.39 is 72.4 Å². The average Bonchev–Trinajstić information content (AvgIpc) is 2.82. The Bertz CT molecular complexity index is 955. The normalized spacial score (nSPS) is 23.2. The molecular weight excluding hydrogens is 588 g/mol. The van der Waals surface area contributed by atoms with Gasteiger partial charge in [0.15, 0.2) is 36.6 Å². The molecule has 0 aliphatic heterocycles. The summed E-state index contributed by atoms with van der Waals surface area (Å²) in [6.45, 7) is 19.1. The van der Waals surface area contributed by atoms with Crippen molar-refractivity contribution >= 4 is 35.8 Å². The van der Waals surface area contributed by atoms with Gasteiger partial charge in [0.05, 0.1) is 0 Å². The molecule has 0 heterocycles. The molecule has 0 aromatic carbocycles. The lowest BCUT2D eigenvalue weighted by Crippen LogP contribution is -2.69. The van der Waals surface area contributed by atoms with Crippen molar-refractivity contribution in [3.8, 4) is 0 Å². The average molecular weight is 643 g/mol. The second kappa shape index (κ2) is 18.7. The largest absolute Gasteiger partial charge is 0.454 e. The van der Waals surface area contributed by atoms with Gasteiger partial charge in [-0.25, -0.2) is 0 Å². The summed E-state index contributed by atoms with van der Waals surface area (Å²) in [5.74, 6) is -5.03. The minimum absolute atomic E-state index is 0.0429. The van der Waals surface area contributed by atoms with E-state index in [1.807, 2.05) is 0 Å². The first-order valence-corrected chi connectivity index (χ1v) is 15.9. The fourth-order valence-corrected chi connectivity index (χ4v) is 4.78. The van der Waals surface area contributed by atoms with Crippen LogP contribution in [-0.4, -0.2) is 72.4 Å². The molecule has 0 N–H and O–H groups in total. The zero-order valence-corrected chi connectivity index (χ0v) is 28.8. The monoisotopic (exact) mass is 642 g/mol. The predicted octanol–water partition coefficient (Wildman–Crippen LogP) is 4.72. The van der Waals surface area contributed by atoms with E-state index in [9.17, 15) is 28.8 Å². The third-order valence-electron chi connectivity index (χ3n) is 6.46. The van der Waals surface area contributed by atoms with Gasteiger partial charge >= 0.3 is 35.8 Å².